The lowest BCUT2D eigenvalue weighted by Crippen LogP contribution is -2.22. The van der Waals surface area contributed by atoms with Gasteiger partial charge in [0.05, 0.1) is 6.04 Å². The first-order valence-corrected chi connectivity index (χ1v) is 7.99. The van der Waals surface area contributed by atoms with Crippen molar-refractivity contribution in [1.82, 2.24) is 5.32 Å². The van der Waals surface area contributed by atoms with E-state index < -0.39 is 0 Å². The van der Waals surface area contributed by atoms with Crippen molar-refractivity contribution in [3.8, 4) is 0 Å². The third kappa shape index (κ3) is 3.53. The minimum atomic E-state index is -0.114. The lowest BCUT2D eigenvalue weighted by atomic mass is 9.94. The molecule has 2 rings (SSSR count). The summed E-state index contributed by atoms with van der Waals surface area (Å²) < 4.78 is 14.9. The van der Waals surface area contributed by atoms with Crippen molar-refractivity contribution < 1.29 is 4.39 Å². The molecule has 1 atom stereocenters. The largest absolute Gasteiger partial charge is 0.306 e. The third-order valence-electron chi connectivity index (χ3n) is 3.67. The molecule has 0 radical (unpaired) electrons. The van der Waals surface area contributed by atoms with E-state index in [0.29, 0.717) is 11.1 Å². The monoisotopic (exact) mass is 349 g/mol. The fraction of sp³-hybridized carbons (Fsp3) is 0.333. The molecule has 1 unspecified atom stereocenters. The Bertz CT molecular complexity index is 629. The van der Waals surface area contributed by atoms with Crippen LogP contribution in [0.1, 0.15) is 40.8 Å². The quantitative estimate of drug-likeness (QED) is 0.798. The number of halogens is 2. The molecule has 0 heterocycles. The summed E-state index contributed by atoms with van der Waals surface area (Å²) in [6.07, 6.45) is 0. The second-order valence-electron chi connectivity index (χ2n) is 5.48. The minimum Gasteiger partial charge on any atom is -0.306 e. The molecule has 0 saturated heterocycles. The average Bonchev–Trinajstić information content (AvgIpc) is 2.42. The highest BCUT2D eigenvalue weighted by Gasteiger charge is 2.18. The molecule has 0 bridgehead atoms. The van der Waals surface area contributed by atoms with E-state index in [2.05, 4.69) is 53.3 Å². The van der Waals surface area contributed by atoms with E-state index in [1.165, 1.54) is 11.1 Å². The molecule has 0 aromatic heterocycles. The lowest BCUT2D eigenvalue weighted by molar-refractivity contribution is 0.598. The summed E-state index contributed by atoms with van der Waals surface area (Å²) in [5.74, 6) is -0.114. The second kappa shape index (κ2) is 6.71. The van der Waals surface area contributed by atoms with E-state index in [9.17, 15) is 4.39 Å². The molecule has 0 aliphatic heterocycles. The molecular formula is C18H21BrFN. The van der Waals surface area contributed by atoms with Crippen molar-refractivity contribution >= 4 is 15.9 Å². The third-order valence-corrected chi connectivity index (χ3v) is 4.35. The Morgan fingerprint density at radius 2 is 1.71 bits per heavy atom. The number of rotatable bonds is 4. The number of hydrogen-bond acceptors (Lipinski definition) is 1. The first-order chi connectivity index (χ1) is 9.93. The molecule has 0 saturated carbocycles. The van der Waals surface area contributed by atoms with Gasteiger partial charge in [-0.1, -0.05) is 47.1 Å². The van der Waals surface area contributed by atoms with Gasteiger partial charge < -0.3 is 5.32 Å². The lowest BCUT2D eigenvalue weighted by Gasteiger charge is -2.22. The van der Waals surface area contributed by atoms with Gasteiger partial charge in [-0.15, -0.1) is 0 Å². The van der Waals surface area contributed by atoms with E-state index >= 15 is 0 Å². The summed E-state index contributed by atoms with van der Waals surface area (Å²) in [5, 5.41) is 3.50. The summed E-state index contributed by atoms with van der Waals surface area (Å²) >= 11 is 3.65. The van der Waals surface area contributed by atoms with Crippen LogP contribution in [0.5, 0.6) is 0 Å². The van der Waals surface area contributed by atoms with Crippen LogP contribution in [0.15, 0.2) is 34.8 Å². The summed E-state index contributed by atoms with van der Waals surface area (Å²) in [4.78, 5) is 0. The fourth-order valence-corrected chi connectivity index (χ4v) is 3.35. The maximum atomic E-state index is 13.9. The van der Waals surface area contributed by atoms with Crippen molar-refractivity contribution in [2.75, 3.05) is 6.54 Å². The van der Waals surface area contributed by atoms with E-state index in [4.69, 9.17) is 0 Å². The molecule has 0 fully saturated rings. The average molecular weight is 350 g/mol. The Hall–Kier alpha value is -1.19. The van der Waals surface area contributed by atoms with Crippen LogP contribution in [0.4, 0.5) is 4.39 Å². The Morgan fingerprint density at radius 3 is 2.24 bits per heavy atom. The minimum absolute atomic E-state index is 0.0583. The zero-order valence-electron chi connectivity index (χ0n) is 12.9. The molecule has 2 aromatic carbocycles. The number of nitrogens with one attached hydrogen (secondary N) is 1. The normalized spacial score (nSPS) is 12.5. The van der Waals surface area contributed by atoms with Gasteiger partial charge >= 0.3 is 0 Å². The smallest absolute Gasteiger partial charge is 0.129 e. The molecule has 21 heavy (non-hydrogen) atoms. The van der Waals surface area contributed by atoms with E-state index in [-0.39, 0.29) is 11.9 Å². The van der Waals surface area contributed by atoms with E-state index in [1.54, 1.807) is 0 Å². The zero-order valence-corrected chi connectivity index (χ0v) is 14.5. The molecule has 1 nitrogen and oxygen atoms in total. The molecular weight excluding hydrogens is 329 g/mol. The second-order valence-corrected chi connectivity index (χ2v) is 6.34. The van der Waals surface area contributed by atoms with Crippen molar-refractivity contribution in [2.45, 2.75) is 33.7 Å². The maximum Gasteiger partial charge on any atom is 0.129 e. The van der Waals surface area contributed by atoms with Crippen LogP contribution >= 0.6 is 15.9 Å². The zero-order chi connectivity index (χ0) is 15.6. The summed E-state index contributed by atoms with van der Waals surface area (Å²) in [5.41, 5.74) is 4.87. The molecule has 1 N–H and O–H groups in total. The predicted molar refractivity (Wildman–Crippen MR) is 90.3 cm³/mol. The highest BCUT2D eigenvalue weighted by molar-refractivity contribution is 9.10. The van der Waals surface area contributed by atoms with Gasteiger partial charge in [-0.3, -0.25) is 0 Å². The van der Waals surface area contributed by atoms with Crippen molar-refractivity contribution in [2.24, 2.45) is 0 Å². The summed E-state index contributed by atoms with van der Waals surface area (Å²) in [6.45, 7) is 8.64. The highest BCUT2D eigenvalue weighted by Crippen LogP contribution is 2.31. The van der Waals surface area contributed by atoms with Gasteiger partial charge in [-0.2, -0.15) is 0 Å². The number of aryl methyl sites for hydroxylation is 3. The summed E-state index contributed by atoms with van der Waals surface area (Å²) in [7, 11) is 0. The van der Waals surface area contributed by atoms with Gasteiger partial charge in [0.15, 0.2) is 0 Å². The van der Waals surface area contributed by atoms with E-state index in [1.807, 2.05) is 26.0 Å². The molecule has 3 heteroatoms. The van der Waals surface area contributed by atoms with Crippen LogP contribution in [0.3, 0.4) is 0 Å². The van der Waals surface area contributed by atoms with Crippen LogP contribution in [-0.4, -0.2) is 6.54 Å². The topological polar surface area (TPSA) is 12.0 Å². The van der Waals surface area contributed by atoms with Crippen LogP contribution in [0.2, 0.25) is 0 Å². The van der Waals surface area contributed by atoms with Crippen LogP contribution < -0.4 is 5.32 Å². The maximum absolute atomic E-state index is 13.9. The highest BCUT2D eigenvalue weighted by atomic mass is 79.9. The molecule has 112 valence electrons. The molecule has 0 aliphatic rings. The molecule has 0 spiro atoms. The van der Waals surface area contributed by atoms with Crippen molar-refractivity contribution in [1.29, 1.82) is 0 Å². The number of benzene rings is 2. The van der Waals surface area contributed by atoms with Crippen LogP contribution in [0, 0.1) is 26.6 Å². The van der Waals surface area contributed by atoms with Crippen LogP contribution in [-0.2, 0) is 0 Å². The first-order valence-electron chi connectivity index (χ1n) is 7.20. The van der Waals surface area contributed by atoms with Crippen molar-refractivity contribution in [3.05, 3.63) is 68.4 Å². The Balaban J connectivity index is 2.53. The standard InChI is InChI=1S/C18H21BrFN/c1-5-21-18(15-7-6-11(2)8-16(15)19)14-9-12(3)17(20)13(4)10-14/h6-10,18,21H,5H2,1-4H3. The number of hydrogen-bond donors (Lipinski definition) is 1. The molecule has 0 aliphatic carbocycles. The SMILES string of the molecule is CCNC(c1cc(C)c(F)c(C)c1)c1ccc(C)cc1Br. The van der Waals surface area contributed by atoms with Gasteiger partial charge in [-0.05, 0) is 61.2 Å². The van der Waals surface area contributed by atoms with E-state index in [0.717, 1.165) is 16.6 Å². The summed E-state index contributed by atoms with van der Waals surface area (Å²) in [6, 6.07) is 10.3. The Labute approximate surface area is 134 Å². The van der Waals surface area contributed by atoms with Gasteiger partial charge in [0.25, 0.3) is 0 Å². The van der Waals surface area contributed by atoms with Gasteiger partial charge in [0.2, 0.25) is 0 Å². The first kappa shape index (κ1) is 16.2. The Morgan fingerprint density at radius 1 is 1.10 bits per heavy atom. The predicted octanol–water partition coefficient (Wildman–Crippen LogP) is 5.21. The van der Waals surface area contributed by atoms with Gasteiger partial charge in [-0.25, -0.2) is 4.39 Å². The van der Waals surface area contributed by atoms with Gasteiger partial charge in [0.1, 0.15) is 5.82 Å². The van der Waals surface area contributed by atoms with Gasteiger partial charge in [0, 0.05) is 4.47 Å². The van der Waals surface area contributed by atoms with Crippen molar-refractivity contribution in [3.63, 3.8) is 0 Å². The fourth-order valence-electron chi connectivity index (χ4n) is 2.62. The van der Waals surface area contributed by atoms with Crippen LogP contribution in [0.25, 0.3) is 0 Å². The molecule has 2 aromatic rings. The Kier molecular flexibility index (Phi) is 5.17. The molecule has 0 amide bonds.